The SMILES string of the molecule is CCCNCc1cc(C)nc(OC(C)CCC)n1. The Morgan fingerprint density at radius 2 is 2.06 bits per heavy atom. The van der Waals surface area contributed by atoms with Gasteiger partial charge >= 0.3 is 6.01 Å². The van der Waals surface area contributed by atoms with E-state index in [0.717, 1.165) is 43.7 Å². The molecule has 0 radical (unpaired) electrons. The molecule has 0 spiro atoms. The van der Waals surface area contributed by atoms with E-state index >= 15 is 0 Å². The lowest BCUT2D eigenvalue weighted by molar-refractivity contribution is 0.191. The maximum atomic E-state index is 5.73. The molecule has 1 N–H and O–H groups in total. The molecule has 18 heavy (non-hydrogen) atoms. The summed E-state index contributed by atoms with van der Waals surface area (Å²) in [7, 11) is 0. The first-order valence-corrected chi connectivity index (χ1v) is 6.87. The van der Waals surface area contributed by atoms with E-state index in [2.05, 4.69) is 36.1 Å². The minimum absolute atomic E-state index is 0.174. The molecule has 0 aliphatic rings. The second-order valence-corrected chi connectivity index (χ2v) is 4.68. The van der Waals surface area contributed by atoms with Crippen LogP contribution in [0.2, 0.25) is 0 Å². The van der Waals surface area contributed by atoms with Crippen molar-refractivity contribution in [3.8, 4) is 6.01 Å². The van der Waals surface area contributed by atoms with Gasteiger partial charge in [0, 0.05) is 12.2 Å². The largest absolute Gasteiger partial charge is 0.460 e. The maximum Gasteiger partial charge on any atom is 0.317 e. The third-order valence-corrected chi connectivity index (χ3v) is 2.62. The molecule has 1 atom stereocenters. The van der Waals surface area contributed by atoms with Gasteiger partial charge in [-0.2, -0.15) is 4.98 Å². The highest BCUT2D eigenvalue weighted by molar-refractivity contribution is 5.12. The van der Waals surface area contributed by atoms with Crippen LogP contribution in [-0.2, 0) is 6.54 Å². The molecule has 4 heteroatoms. The predicted octanol–water partition coefficient (Wildman–Crippen LogP) is 2.85. The van der Waals surface area contributed by atoms with E-state index in [1.165, 1.54) is 0 Å². The van der Waals surface area contributed by atoms with Gasteiger partial charge in [0.05, 0.1) is 11.8 Å². The molecule has 1 aromatic rings. The fraction of sp³-hybridized carbons (Fsp3) is 0.714. The molecule has 0 aliphatic carbocycles. The molecule has 4 nitrogen and oxygen atoms in total. The molecule has 0 amide bonds. The number of hydrogen-bond donors (Lipinski definition) is 1. The molecule has 1 aromatic heterocycles. The minimum atomic E-state index is 0.174. The molecule has 0 aliphatic heterocycles. The van der Waals surface area contributed by atoms with Crippen molar-refractivity contribution >= 4 is 0 Å². The summed E-state index contributed by atoms with van der Waals surface area (Å²) in [5.41, 5.74) is 1.95. The molecular weight excluding hydrogens is 226 g/mol. The van der Waals surface area contributed by atoms with Crippen molar-refractivity contribution in [3.63, 3.8) is 0 Å². The van der Waals surface area contributed by atoms with Crippen LogP contribution < -0.4 is 10.1 Å². The average molecular weight is 251 g/mol. The van der Waals surface area contributed by atoms with Gasteiger partial charge in [-0.25, -0.2) is 4.98 Å². The molecule has 0 aromatic carbocycles. The van der Waals surface area contributed by atoms with Crippen LogP contribution >= 0.6 is 0 Å². The summed E-state index contributed by atoms with van der Waals surface area (Å²) >= 11 is 0. The molecule has 0 saturated heterocycles. The Balaban J connectivity index is 2.62. The van der Waals surface area contributed by atoms with Crippen LogP contribution in [0.4, 0.5) is 0 Å². The van der Waals surface area contributed by atoms with Crippen LogP contribution in [-0.4, -0.2) is 22.6 Å². The summed E-state index contributed by atoms with van der Waals surface area (Å²) < 4.78 is 5.73. The summed E-state index contributed by atoms with van der Waals surface area (Å²) in [6, 6.07) is 2.50. The lowest BCUT2D eigenvalue weighted by atomic mass is 10.2. The molecule has 1 rings (SSSR count). The summed E-state index contributed by atoms with van der Waals surface area (Å²) in [5, 5.41) is 3.34. The van der Waals surface area contributed by atoms with Crippen molar-refractivity contribution in [2.45, 2.75) is 59.6 Å². The normalized spacial score (nSPS) is 12.4. The van der Waals surface area contributed by atoms with Gasteiger partial charge in [0.1, 0.15) is 0 Å². The van der Waals surface area contributed by atoms with Crippen molar-refractivity contribution in [3.05, 3.63) is 17.5 Å². The highest BCUT2D eigenvalue weighted by Gasteiger charge is 2.07. The summed E-state index contributed by atoms with van der Waals surface area (Å²) in [6.45, 7) is 10.1. The van der Waals surface area contributed by atoms with E-state index in [1.807, 2.05) is 13.0 Å². The van der Waals surface area contributed by atoms with Gasteiger partial charge in [-0.3, -0.25) is 0 Å². The van der Waals surface area contributed by atoms with Gasteiger partial charge in [0.15, 0.2) is 0 Å². The van der Waals surface area contributed by atoms with Crippen LogP contribution in [0.3, 0.4) is 0 Å². The third kappa shape index (κ3) is 5.45. The predicted molar refractivity (Wildman–Crippen MR) is 73.8 cm³/mol. The number of aryl methyl sites for hydroxylation is 1. The zero-order chi connectivity index (χ0) is 13.4. The van der Waals surface area contributed by atoms with Crippen LogP contribution in [0.25, 0.3) is 0 Å². The quantitative estimate of drug-likeness (QED) is 0.722. The van der Waals surface area contributed by atoms with Crippen LogP contribution in [0, 0.1) is 6.92 Å². The van der Waals surface area contributed by atoms with Crippen molar-refractivity contribution in [1.82, 2.24) is 15.3 Å². The Bertz CT molecular complexity index is 355. The van der Waals surface area contributed by atoms with E-state index in [0.29, 0.717) is 6.01 Å². The Morgan fingerprint density at radius 3 is 2.72 bits per heavy atom. The Labute approximate surface area is 110 Å². The highest BCUT2D eigenvalue weighted by atomic mass is 16.5. The van der Waals surface area contributed by atoms with Crippen LogP contribution in [0.5, 0.6) is 6.01 Å². The van der Waals surface area contributed by atoms with E-state index < -0.39 is 0 Å². The molecule has 1 unspecified atom stereocenters. The zero-order valence-electron chi connectivity index (χ0n) is 12.0. The van der Waals surface area contributed by atoms with E-state index in [9.17, 15) is 0 Å². The monoisotopic (exact) mass is 251 g/mol. The molecule has 0 fully saturated rings. The maximum absolute atomic E-state index is 5.73. The average Bonchev–Trinajstić information content (AvgIpc) is 2.28. The van der Waals surface area contributed by atoms with Crippen LogP contribution in [0.1, 0.15) is 51.4 Å². The highest BCUT2D eigenvalue weighted by Crippen LogP contribution is 2.11. The van der Waals surface area contributed by atoms with Crippen molar-refractivity contribution in [1.29, 1.82) is 0 Å². The fourth-order valence-corrected chi connectivity index (χ4v) is 1.79. The molecule has 102 valence electrons. The number of ether oxygens (including phenoxy) is 1. The van der Waals surface area contributed by atoms with Gasteiger partial charge in [-0.1, -0.05) is 20.3 Å². The molecule has 0 saturated carbocycles. The Kier molecular flexibility index (Phi) is 6.65. The minimum Gasteiger partial charge on any atom is -0.460 e. The van der Waals surface area contributed by atoms with E-state index in [1.54, 1.807) is 0 Å². The van der Waals surface area contributed by atoms with Gasteiger partial charge in [0.25, 0.3) is 0 Å². The fourth-order valence-electron chi connectivity index (χ4n) is 1.79. The number of hydrogen-bond acceptors (Lipinski definition) is 4. The number of aromatic nitrogens is 2. The van der Waals surface area contributed by atoms with E-state index in [-0.39, 0.29) is 6.10 Å². The number of nitrogens with zero attached hydrogens (tertiary/aromatic N) is 2. The molecular formula is C14H25N3O. The molecule has 0 bridgehead atoms. The van der Waals surface area contributed by atoms with Gasteiger partial charge in [-0.05, 0) is 39.3 Å². The van der Waals surface area contributed by atoms with Crippen molar-refractivity contribution in [2.24, 2.45) is 0 Å². The smallest absolute Gasteiger partial charge is 0.317 e. The van der Waals surface area contributed by atoms with Crippen LogP contribution in [0.15, 0.2) is 6.07 Å². The first-order chi connectivity index (χ1) is 8.65. The van der Waals surface area contributed by atoms with Gasteiger partial charge < -0.3 is 10.1 Å². The number of nitrogens with one attached hydrogen (secondary N) is 1. The van der Waals surface area contributed by atoms with E-state index in [4.69, 9.17) is 4.74 Å². The lowest BCUT2D eigenvalue weighted by Crippen LogP contribution is -2.17. The van der Waals surface area contributed by atoms with Crippen molar-refractivity contribution < 1.29 is 4.74 Å². The van der Waals surface area contributed by atoms with Gasteiger partial charge in [-0.15, -0.1) is 0 Å². The first kappa shape index (κ1) is 14.9. The van der Waals surface area contributed by atoms with Gasteiger partial charge in [0.2, 0.25) is 0 Å². The summed E-state index contributed by atoms with van der Waals surface area (Å²) in [5.74, 6) is 0. The summed E-state index contributed by atoms with van der Waals surface area (Å²) in [6.07, 6.45) is 3.44. The Morgan fingerprint density at radius 1 is 1.28 bits per heavy atom. The second kappa shape index (κ2) is 8.03. The standard InChI is InChI=1S/C14H25N3O/c1-5-7-12(4)18-14-16-11(3)9-13(17-14)10-15-8-6-2/h9,12,15H,5-8,10H2,1-4H3. The zero-order valence-corrected chi connectivity index (χ0v) is 12.0. The first-order valence-electron chi connectivity index (χ1n) is 6.87. The Hall–Kier alpha value is -1.16. The number of rotatable bonds is 8. The van der Waals surface area contributed by atoms with Crippen molar-refractivity contribution in [2.75, 3.05) is 6.54 Å². The topological polar surface area (TPSA) is 47.0 Å². The lowest BCUT2D eigenvalue weighted by Gasteiger charge is -2.13. The second-order valence-electron chi connectivity index (χ2n) is 4.68. The third-order valence-electron chi connectivity index (χ3n) is 2.62. The molecule has 1 heterocycles. The summed E-state index contributed by atoms with van der Waals surface area (Å²) in [4.78, 5) is 8.75.